The van der Waals surface area contributed by atoms with E-state index in [0.29, 0.717) is 15.5 Å². The molecule has 0 N–H and O–H groups in total. The maximum atomic E-state index is 12.6. The van der Waals surface area contributed by atoms with Gasteiger partial charge in [0.05, 0.1) is 15.7 Å². The van der Waals surface area contributed by atoms with Crippen molar-refractivity contribution >= 4 is 34.3 Å². The highest BCUT2D eigenvalue weighted by molar-refractivity contribution is 7.90. The number of benzene rings is 2. The number of hydrogen-bond donors (Lipinski definition) is 0. The highest BCUT2D eigenvalue weighted by Crippen LogP contribution is 2.23. The van der Waals surface area contributed by atoms with E-state index < -0.39 is 10.8 Å². The molecule has 0 saturated heterocycles. The van der Waals surface area contributed by atoms with E-state index in [4.69, 9.17) is 11.6 Å². The van der Waals surface area contributed by atoms with Crippen molar-refractivity contribution in [2.24, 2.45) is 0 Å². The van der Waals surface area contributed by atoms with Gasteiger partial charge in [0.15, 0.2) is 5.78 Å². The van der Waals surface area contributed by atoms with Crippen molar-refractivity contribution in [1.29, 1.82) is 0 Å². The third-order valence-corrected chi connectivity index (χ3v) is 4.82. The number of aryl methyl sites for hydroxylation is 1. The first-order valence-corrected chi connectivity index (χ1v) is 7.97. The Morgan fingerprint density at radius 3 is 2.29 bits per heavy atom. The molecule has 0 fully saturated rings. The molecule has 0 aliphatic rings. The minimum absolute atomic E-state index is 0.228. The van der Waals surface area contributed by atoms with E-state index in [1.165, 1.54) is 6.92 Å². The summed E-state index contributed by atoms with van der Waals surface area (Å²) >= 11 is 6.09. The van der Waals surface area contributed by atoms with Gasteiger partial charge in [0.25, 0.3) is 0 Å². The van der Waals surface area contributed by atoms with Gasteiger partial charge in [-0.05, 0) is 43.7 Å². The molecule has 2 aromatic carbocycles. The summed E-state index contributed by atoms with van der Waals surface area (Å²) < 4.78 is 12.6. The van der Waals surface area contributed by atoms with E-state index in [1.54, 1.807) is 30.3 Å². The van der Waals surface area contributed by atoms with E-state index >= 15 is 0 Å². The number of hydrogen-bond acceptors (Lipinski definition) is 2. The first-order valence-electron chi connectivity index (χ1n) is 6.44. The van der Waals surface area contributed by atoms with Crippen LogP contribution in [0.5, 0.6) is 0 Å². The second-order valence-corrected chi connectivity index (χ2v) is 6.52. The quantitative estimate of drug-likeness (QED) is 0.784. The predicted molar refractivity (Wildman–Crippen MR) is 87.7 cm³/mol. The maximum absolute atomic E-state index is 12.6. The molecule has 0 saturated carbocycles. The number of rotatable bonds is 4. The van der Waals surface area contributed by atoms with Crippen molar-refractivity contribution in [3.63, 3.8) is 0 Å². The van der Waals surface area contributed by atoms with Crippen molar-refractivity contribution in [2.75, 3.05) is 0 Å². The molecule has 0 spiro atoms. The van der Waals surface area contributed by atoms with Crippen LogP contribution in [-0.4, -0.2) is 9.99 Å². The van der Waals surface area contributed by atoms with Crippen LogP contribution in [0.15, 0.2) is 58.3 Å². The smallest absolute Gasteiger partial charge is 0.169 e. The predicted octanol–water partition coefficient (Wildman–Crippen LogP) is 4.39. The Bertz CT molecular complexity index is 718. The molecule has 0 aliphatic carbocycles. The third-order valence-electron chi connectivity index (χ3n) is 2.97. The third kappa shape index (κ3) is 3.90. The van der Waals surface area contributed by atoms with E-state index in [0.717, 1.165) is 5.56 Å². The highest BCUT2D eigenvalue weighted by atomic mass is 35.5. The molecule has 2 aromatic rings. The van der Waals surface area contributed by atoms with Gasteiger partial charge in [-0.15, -0.1) is 0 Å². The molecule has 0 aliphatic heterocycles. The van der Waals surface area contributed by atoms with Gasteiger partial charge in [0.2, 0.25) is 0 Å². The lowest BCUT2D eigenvalue weighted by Crippen LogP contribution is -2.05. The molecule has 2 rings (SSSR count). The fourth-order valence-electron chi connectivity index (χ4n) is 1.81. The molecule has 0 amide bonds. The first kappa shape index (κ1) is 15.7. The summed E-state index contributed by atoms with van der Waals surface area (Å²) in [6.07, 6.45) is 1.60. The highest BCUT2D eigenvalue weighted by Gasteiger charge is 2.15. The van der Waals surface area contributed by atoms with E-state index in [1.807, 2.05) is 31.2 Å². The zero-order valence-corrected chi connectivity index (χ0v) is 13.4. The van der Waals surface area contributed by atoms with Gasteiger partial charge in [0.1, 0.15) is 0 Å². The van der Waals surface area contributed by atoms with Crippen LogP contribution in [0.4, 0.5) is 0 Å². The lowest BCUT2D eigenvalue weighted by molar-refractivity contribution is -0.112. The molecule has 1 atom stereocenters. The van der Waals surface area contributed by atoms with Crippen LogP contribution in [-0.2, 0) is 15.6 Å². The van der Waals surface area contributed by atoms with Gasteiger partial charge >= 0.3 is 0 Å². The Morgan fingerprint density at radius 1 is 1.10 bits per heavy atom. The van der Waals surface area contributed by atoms with Crippen LogP contribution >= 0.6 is 11.6 Å². The molecule has 4 heteroatoms. The lowest BCUT2D eigenvalue weighted by Gasteiger charge is -2.06. The zero-order valence-electron chi connectivity index (χ0n) is 11.8. The second kappa shape index (κ2) is 6.83. The number of ketones is 1. The van der Waals surface area contributed by atoms with Crippen LogP contribution in [0.1, 0.15) is 18.1 Å². The van der Waals surface area contributed by atoms with Gasteiger partial charge in [-0.1, -0.05) is 47.5 Å². The summed E-state index contributed by atoms with van der Waals surface area (Å²) in [7, 11) is -1.52. The Labute approximate surface area is 131 Å². The van der Waals surface area contributed by atoms with Crippen LogP contribution in [0.25, 0.3) is 6.08 Å². The van der Waals surface area contributed by atoms with Gasteiger partial charge in [-0.3, -0.25) is 4.79 Å². The summed E-state index contributed by atoms with van der Waals surface area (Å²) in [5.41, 5.74) is 1.76. The second-order valence-electron chi connectivity index (χ2n) is 4.67. The van der Waals surface area contributed by atoms with Crippen molar-refractivity contribution < 1.29 is 9.00 Å². The SMILES string of the molecule is CC(=O)/C(=C\c1ccccc1Cl)[S@@](=O)c1ccc(C)cc1. The minimum Gasteiger partial charge on any atom is -0.294 e. The fourth-order valence-corrected chi connectivity index (χ4v) is 3.13. The van der Waals surface area contributed by atoms with Crippen LogP contribution < -0.4 is 0 Å². The molecule has 0 aromatic heterocycles. The van der Waals surface area contributed by atoms with E-state index in [2.05, 4.69) is 0 Å². The largest absolute Gasteiger partial charge is 0.294 e. The monoisotopic (exact) mass is 318 g/mol. The molecule has 0 unspecified atom stereocenters. The van der Waals surface area contributed by atoms with Gasteiger partial charge in [-0.2, -0.15) is 0 Å². The van der Waals surface area contributed by atoms with E-state index in [-0.39, 0.29) is 10.7 Å². The topological polar surface area (TPSA) is 34.1 Å². The molecular formula is C17H15ClO2S. The summed E-state index contributed by atoms with van der Waals surface area (Å²) in [5, 5.41) is 0.525. The number of carbonyl (C=O) groups is 1. The Balaban J connectivity index is 2.44. The summed E-state index contributed by atoms with van der Waals surface area (Å²) in [6.45, 7) is 3.37. The summed E-state index contributed by atoms with van der Waals surface area (Å²) in [4.78, 5) is 12.7. The maximum Gasteiger partial charge on any atom is 0.169 e. The van der Waals surface area contributed by atoms with Gasteiger partial charge in [0, 0.05) is 9.92 Å². The van der Waals surface area contributed by atoms with Crippen molar-refractivity contribution in [1.82, 2.24) is 0 Å². The van der Waals surface area contributed by atoms with Crippen molar-refractivity contribution in [3.8, 4) is 0 Å². The van der Waals surface area contributed by atoms with Gasteiger partial charge in [-0.25, -0.2) is 4.21 Å². The number of Topliss-reactive ketones (excluding diaryl/α,β-unsaturated/α-hetero) is 1. The fraction of sp³-hybridized carbons (Fsp3) is 0.118. The average Bonchev–Trinajstić information content (AvgIpc) is 2.46. The van der Waals surface area contributed by atoms with Crippen molar-refractivity contribution in [3.05, 3.63) is 69.6 Å². The number of allylic oxidation sites excluding steroid dienone is 1. The molecule has 0 heterocycles. The number of halogens is 1. The molecule has 2 nitrogen and oxygen atoms in total. The zero-order chi connectivity index (χ0) is 15.4. The Morgan fingerprint density at radius 2 is 1.71 bits per heavy atom. The molecular weight excluding hydrogens is 304 g/mol. The molecule has 0 bridgehead atoms. The first-order chi connectivity index (χ1) is 9.99. The van der Waals surface area contributed by atoms with Crippen LogP contribution in [0, 0.1) is 6.92 Å². The Hall–Kier alpha value is -1.71. The molecule has 21 heavy (non-hydrogen) atoms. The minimum atomic E-state index is -1.52. The standard InChI is InChI=1S/C17H15ClO2S/c1-12-7-9-15(10-8-12)21(20)17(13(2)19)11-14-5-3-4-6-16(14)18/h3-11H,1-2H3/b17-11+/t21-/m0/s1. The molecule has 0 radical (unpaired) electrons. The Kier molecular flexibility index (Phi) is 5.10. The van der Waals surface area contributed by atoms with E-state index in [9.17, 15) is 9.00 Å². The van der Waals surface area contributed by atoms with Crippen molar-refractivity contribution in [2.45, 2.75) is 18.7 Å². The van der Waals surface area contributed by atoms with Gasteiger partial charge < -0.3 is 0 Å². The number of carbonyl (C=O) groups excluding carboxylic acids is 1. The summed E-state index contributed by atoms with van der Waals surface area (Å²) in [6, 6.07) is 14.5. The van der Waals surface area contributed by atoms with Crippen LogP contribution in [0.3, 0.4) is 0 Å². The lowest BCUT2D eigenvalue weighted by atomic mass is 10.2. The van der Waals surface area contributed by atoms with Crippen LogP contribution in [0.2, 0.25) is 5.02 Å². The normalized spacial score (nSPS) is 13.0. The summed E-state index contributed by atoms with van der Waals surface area (Å²) in [5.74, 6) is -0.228. The average molecular weight is 319 g/mol. The molecule has 108 valence electrons.